The second kappa shape index (κ2) is 4.33. The number of nitrogens with one attached hydrogen (secondary N) is 1. The van der Waals surface area contributed by atoms with Crippen LogP contribution in [0.2, 0.25) is 0 Å². The summed E-state index contributed by atoms with van der Waals surface area (Å²) in [6, 6.07) is 0. The standard InChI is InChI=1S/C8H15NO2.Zn/c1-8(2,3)11-7(10)6-4-9-5-6;/h6,9H,4-5H2,1-3H3;. The topological polar surface area (TPSA) is 38.3 Å². The molecule has 0 amide bonds. The summed E-state index contributed by atoms with van der Waals surface area (Å²) in [7, 11) is 0. The normalized spacial score (nSPS) is 17.6. The fraction of sp³-hybridized carbons (Fsp3) is 0.875. The predicted molar refractivity (Wildman–Crippen MR) is 42.2 cm³/mol. The molecule has 1 aliphatic heterocycles. The van der Waals surface area contributed by atoms with Gasteiger partial charge in [0, 0.05) is 32.6 Å². The van der Waals surface area contributed by atoms with Crippen molar-refractivity contribution in [2.24, 2.45) is 5.92 Å². The number of hydrogen-bond donors (Lipinski definition) is 1. The van der Waals surface area contributed by atoms with E-state index in [2.05, 4.69) is 5.32 Å². The zero-order chi connectivity index (χ0) is 8.48. The van der Waals surface area contributed by atoms with Crippen LogP contribution in [-0.2, 0) is 29.0 Å². The number of rotatable bonds is 1. The van der Waals surface area contributed by atoms with Crippen LogP contribution < -0.4 is 5.32 Å². The Balaban J connectivity index is 0.00000121. The van der Waals surface area contributed by atoms with Gasteiger partial charge >= 0.3 is 5.97 Å². The summed E-state index contributed by atoms with van der Waals surface area (Å²) in [6.07, 6.45) is 0. The largest absolute Gasteiger partial charge is 0.460 e. The first-order valence-electron chi connectivity index (χ1n) is 3.92. The number of esters is 1. The summed E-state index contributed by atoms with van der Waals surface area (Å²) in [5.41, 5.74) is -0.341. The molecule has 0 atom stereocenters. The SMILES string of the molecule is CC(C)(C)OC(=O)C1CNC1.[Zn]. The Hall–Kier alpha value is 0.0534. The molecule has 4 heteroatoms. The maximum absolute atomic E-state index is 11.2. The van der Waals surface area contributed by atoms with Gasteiger partial charge in [-0.05, 0) is 20.8 Å². The fourth-order valence-corrected chi connectivity index (χ4v) is 0.840. The maximum atomic E-state index is 11.2. The molecule has 0 aromatic heterocycles. The molecule has 0 radical (unpaired) electrons. The third-order valence-electron chi connectivity index (χ3n) is 1.52. The molecule has 0 unspecified atom stereocenters. The molecule has 0 saturated carbocycles. The maximum Gasteiger partial charge on any atom is 0.312 e. The van der Waals surface area contributed by atoms with E-state index in [1.54, 1.807) is 0 Å². The molecule has 0 aromatic rings. The van der Waals surface area contributed by atoms with Crippen LogP contribution >= 0.6 is 0 Å². The van der Waals surface area contributed by atoms with E-state index in [0.717, 1.165) is 13.1 Å². The van der Waals surface area contributed by atoms with Gasteiger partial charge in [0.2, 0.25) is 0 Å². The van der Waals surface area contributed by atoms with Crippen LogP contribution in [0.15, 0.2) is 0 Å². The van der Waals surface area contributed by atoms with E-state index >= 15 is 0 Å². The molecule has 66 valence electrons. The van der Waals surface area contributed by atoms with Crippen molar-refractivity contribution in [2.75, 3.05) is 13.1 Å². The molecule has 0 aliphatic carbocycles. The Bertz CT molecular complexity index is 161. The Labute approximate surface area is 86.0 Å². The van der Waals surface area contributed by atoms with Gasteiger partial charge in [0.05, 0.1) is 5.92 Å². The number of carbonyl (C=O) groups is 1. The van der Waals surface area contributed by atoms with Crippen molar-refractivity contribution in [3.63, 3.8) is 0 Å². The zero-order valence-electron chi connectivity index (χ0n) is 8.02. The summed E-state index contributed by atoms with van der Waals surface area (Å²) in [5, 5.41) is 3.03. The van der Waals surface area contributed by atoms with E-state index in [-0.39, 0.29) is 37.0 Å². The molecule has 12 heavy (non-hydrogen) atoms. The van der Waals surface area contributed by atoms with Gasteiger partial charge in [0.1, 0.15) is 5.60 Å². The Kier molecular flexibility index (Phi) is 4.35. The minimum absolute atomic E-state index is 0. The second-order valence-electron chi connectivity index (χ2n) is 3.89. The van der Waals surface area contributed by atoms with Crippen LogP contribution in [-0.4, -0.2) is 24.7 Å². The van der Waals surface area contributed by atoms with Crippen LogP contribution in [0.4, 0.5) is 0 Å². The first kappa shape index (κ1) is 12.1. The molecule has 1 saturated heterocycles. The summed E-state index contributed by atoms with van der Waals surface area (Å²) in [5.74, 6) is 0.0190. The molecule has 1 fully saturated rings. The average molecular weight is 223 g/mol. The minimum Gasteiger partial charge on any atom is -0.460 e. The molecule has 1 N–H and O–H groups in total. The van der Waals surface area contributed by atoms with Gasteiger partial charge in [-0.1, -0.05) is 0 Å². The molecule has 3 nitrogen and oxygen atoms in total. The summed E-state index contributed by atoms with van der Waals surface area (Å²) < 4.78 is 5.16. The summed E-state index contributed by atoms with van der Waals surface area (Å²) >= 11 is 0. The van der Waals surface area contributed by atoms with Crippen molar-refractivity contribution in [2.45, 2.75) is 26.4 Å². The summed E-state index contributed by atoms with van der Waals surface area (Å²) in [4.78, 5) is 11.2. The monoisotopic (exact) mass is 221 g/mol. The molecular formula is C8H15NO2Zn. The second-order valence-corrected chi connectivity index (χ2v) is 3.89. The third-order valence-corrected chi connectivity index (χ3v) is 1.52. The van der Waals surface area contributed by atoms with Gasteiger partial charge < -0.3 is 10.1 Å². The van der Waals surface area contributed by atoms with Crippen molar-refractivity contribution in [3.05, 3.63) is 0 Å². The predicted octanol–water partition coefficient (Wildman–Crippen LogP) is 0.545. The third kappa shape index (κ3) is 3.64. The van der Waals surface area contributed by atoms with Crippen LogP contribution in [0.5, 0.6) is 0 Å². The van der Waals surface area contributed by atoms with Gasteiger partial charge in [-0.3, -0.25) is 4.79 Å². The van der Waals surface area contributed by atoms with Crippen molar-refractivity contribution >= 4 is 5.97 Å². The molecule has 0 bridgehead atoms. The molecule has 1 heterocycles. The quantitative estimate of drug-likeness (QED) is 0.520. The number of ether oxygens (including phenoxy) is 1. The Morgan fingerprint density at radius 3 is 2.17 bits per heavy atom. The van der Waals surface area contributed by atoms with Crippen molar-refractivity contribution in [3.8, 4) is 0 Å². The van der Waals surface area contributed by atoms with Gasteiger partial charge in [-0.15, -0.1) is 0 Å². The average Bonchev–Trinajstić information content (AvgIpc) is 1.50. The van der Waals surface area contributed by atoms with E-state index in [4.69, 9.17) is 4.74 Å². The Morgan fingerprint density at radius 2 is 1.92 bits per heavy atom. The van der Waals surface area contributed by atoms with E-state index in [0.29, 0.717) is 0 Å². The number of carbonyl (C=O) groups excluding carboxylic acids is 1. The van der Waals surface area contributed by atoms with E-state index in [1.165, 1.54) is 0 Å². The van der Waals surface area contributed by atoms with Gasteiger partial charge in [0.15, 0.2) is 0 Å². The van der Waals surface area contributed by atoms with Crippen LogP contribution in [0.25, 0.3) is 0 Å². The molecule has 1 aliphatic rings. The van der Waals surface area contributed by atoms with Gasteiger partial charge in [-0.2, -0.15) is 0 Å². The molecule has 0 aromatic carbocycles. The first-order valence-corrected chi connectivity index (χ1v) is 3.92. The smallest absolute Gasteiger partial charge is 0.312 e. The van der Waals surface area contributed by atoms with Gasteiger partial charge in [-0.25, -0.2) is 0 Å². The van der Waals surface area contributed by atoms with E-state index in [1.807, 2.05) is 20.8 Å². The van der Waals surface area contributed by atoms with Gasteiger partial charge in [0.25, 0.3) is 0 Å². The fourth-order valence-electron chi connectivity index (χ4n) is 0.840. The molecule has 0 spiro atoms. The van der Waals surface area contributed by atoms with Crippen LogP contribution in [0.3, 0.4) is 0 Å². The minimum atomic E-state index is -0.341. The first-order chi connectivity index (χ1) is 4.99. The van der Waals surface area contributed by atoms with Crippen molar-refractivity contribution in [1.29, 1.82) is 0 Å². The van der Waals surface area contributed by atoms with Crippen LogP contribution in [0, 0.1) is 5.92 Å². The van der Waals surface area contributed by atoms with Crippen molar-refractivity contribution in [1.82, 2.24) is 5.32 Å². The summed E-state index contributed by atoms with van der Waals surface area (Å²) in [6.45, 7) is 7.20. The van der Waals surface area contributed by atoms with E-state index < -0.39 is 0 Å². The number of hydrogen-bond acceptors (Lipinski definition) is 3. The molecule has 1 rings (SSSR count). The van der Waals surface area contributed by atoms with E-state index in [9.17, 15) is 4.79 Å². The van der Waals surface area contributed by atoms with Crippen LogP contribution in [0.1, 0.15) is 20.8 Å². The molecular weight excluding hydrogens is 207 g/mol. The van der Waals surface area contributed by atoms with Crippen molar-refractivity contribution < 1.29 is 29.0 Å². The zero-order valence-corrected chi connectivity index (χ0v) is 11.0. The Morgan fingerprint density at radius 1 is 1.42 bits per heavy atom.